The molecule has 1 N–H and O–H groups in total. The Morgan fingerprint density at radius 2 is 1.91 bits per heavy atom. The molecule has 6 nitrogen and oxygen atoms in total. The number of nitrogens with one attached hydrogen (secondary N) is 1. The molecule has 3 aromatic rings. The largest absolute Gasteiger partial charge is 0.367 e. The molecule has 0 spiro atoms. The maximum absolute atomic E-state index is 13.4. The highest BCUT2D eigenvalue weighted by atomic mass is 127. The van der Waals surface area contributed by atoms with Crippen molar-refractivity contribution in [1.82, 2.24) is 19.8 Å². The summed E-state index contributed by atoms with van der Waals surface area (Å²) in [5, 5.41) is 3.42. The third-order valence-electron chi connectivity index (χ3n) is 5.73. The van der Waals surface area contributed by atoms with Gasteiger partial charge in [0.15, 0.2) is 5.96 Å². The van der Waals surface area contributed by atoms with Crippen LogP contribution in [0.4, 0.5) is 4.39 Å². The van der Waals surface area contributed by atoms with E-state index in [-0.39, 0.29) is 42.0 Å². The zero-order chi connectivity index (χ0) is 23.0. The Hall–Kier alpha value is -2.46. The van der Waals surface area contributed by atoms with Crippen molar-refractivity contribution in [2.45, 2.75) is 39.0 Å². The van der Waals surface area contributed by atoms with E-state index in [9.17, 15) is 4.39 Å². The van der Waals surface area contributed by atoms with Crippen molar-refractivity contribution in [2.24, 2.45) is 4.99 Å². The standard InChI is InChI=1S/C26H32FN5O.HI/c1-3-28-26(32-17-20(2)33-24(19-32)22-9-11-23(27)12-10-22)30-14-13-25-29-15-16-31(25)18-21-7-5-4-6-8-21;/h4-12,15-16,20,24H,3,13-14,17-19H2,1-2H3,(H,28,30);1H. The molecule has 1 saturated heterocycles. The lowest BCUT2D eigenvalue weighted by atomic mass is 10.1. The Balaban J connectivity index is 0.00000324. The molecule has 1 aromatic heterocycles. The maximum atomic E-state index is 13.4. The number of halogens is 2. The fraction of sp³-hybridized carbons (Fsp3) is 0.385. The molecular weight excluding hydrogens is 544 g/mol. The van der Waals surface area contributed by atoms with Crippen molar-refractivity contribution in [1.29, 1.82) is 0 Å². The van der Waals surface area contributed by atoms with Gasteiger partial charge in [0.05, 0.1) is 12.6 Å². The van der Waals surface area contributed by atoms with Crippen LogP contribution in [-0.2, 0) is 17.7 Å². The number of benzene rings is 2. The molecular formula is C26H33FIN5O. The molecule has 0 aliphatic carbocycles. The van der Waals surface area contributed by atoms with Gasteiger partial charge in [0, 0.05) is 45.0 Å². The topological polar surface area (TPSA) is 54.7 Å². The van der Waals surface area contributed by atoms with Gasteiger partial charge in [-0.1, -0.05) is 42.5 Å². The minimum absolute atomic E-state index is 0. The highest BCUT2D eigenvalue weighted by molar-refractivity contribution is 14.0. The summed E-state index contributed by atoms with van der Waals surface area (Å²) in [6.07, 6.45) is 4.55. The van der Waals surface area contributed by atoms with Gasteiger partial charge in [-0.25, -0.2) is 9.37 Å². The number of imidazole rings is 1. The highest BCUT2D eigenvalue weighted by Gasteiger charge is 2.28. The monoisotopic (exact) mass is 577 g/mol. The first-order valence-corrected chi connectivity index (χ1v) is 11.6. The number of hydrogen-bond acceptors (Lipinski definition) is 3. The molecule has 0 radical (unpaired) electrons. The van der Waals surface area contributed by atoms with Crippen molar-refractivity contribution in [2.75, 3.05) is 26.2 Å². The lowest BCUT2D eigenvalue weighted by molar-refractivity contribution is -0.0605. The Morgan fingerprint density at radius 1 is 1.15 bits per heavy atom. The van der Waals surface area contributed by atoms with Crippen LogP contribution in [0, 0.1) is 5.82 Å². The molecule has 2 aromatic carbocycles. The summed E-state index contributed by atoms with van der Waals surface area (Å²) in [6, 6.07) is 17.0. The lowest BCUT2D eigenvalue weighted by Crippen LogP contribution is -2.50. The maximum Gasteiger partial charge on any atom is 0.194 e. The Morgan fingerprint density at radius 3 is 2.65 bits per heavy atom. The van der Waals surface area contributed by atoms with Crippen LogP contribution in [0.15, 0.2) is 72.0 Å². The number of nitrogens with zero attached hydrogens (tertiary/aromatic N) is 4. The normalized spacial score (nSPS) is 18.4. The quantitative estimate of drug-likeness (QED) is 0.252. The average molecular weight is 577 g/mol. The van der Waals surface area contributed by atoms with Gasteiger partial charge in [-0.3, -0.25) is 4.99 Å². The van der Waals surface area contributed by atoms with E-state index in [2.05, 4.69) is 57.9 Å². The van der Waals surface area contributed by atoms with E-state index in [4.69, 9.17) is 9.73 Å². The van der Waals surface area contributed by atoms with Gasteiger partial charge in [-0.05, 0) is 37.1 Å². The van der Waals surface area contributed by atoms with E-state index in [0.717, 1.165) is 43.4 Å². The number of aliphatic imine (C=N–C) groups is 1. The molecule has 0 bridgehead atoms. The first-order chi connectivity index (χ1) is 16.1. The number of morpholine rings is 1. The van der Waals surface area contributed by atoms with Crippen LogP contribution in [0.3, 0.4) is 0 Å². The Labute approximate surface area is 218 Å². The zero-order valence-electron chi connectivity index (χ0n) is 19.7. The van der Waals surface area contributed by atoms with Gasteiger partial charge >= 0.3 is 0 Å². The SMILES string of the molecule is CCNC(=NCCc1nccn1Cc1ccccc1)N1CC(C)OC(c2ccc(F)cc2)C1.I. The summed E-state index contributed by atoms with van der Waals surface area (Å²) in [4.78, 5) is 11.7. The van der Waals surface area contributed by atoms with Crippen LogP contribution in [-0.4, -0.2) is 52.7 Å². The van der Waals surface area contributed by atoms with Crippen molar-refractivity contribution >= 4 is 29.9 Å². The van der Waals surface area contributed by atoms with E-state index < -0.39 is 0 Å². The summed E-state index contributed by atoms with van der Waals surface area (Å²) in [5.74, 6) is 1.67. The summed E-state index contributed by atoms with van der Waals surface area (Å²) < 4.78 is 21.7. The van der Waals surface area contributed by atoms with Crippen LogP contribution >= 0.6 is 24.0 Å². The average Bonchev–Trinajstić information content (AvgIpc) is 3.26. The van der Waals surface area contributed by atoms with E-state index in [1.807, 2.05) is 18.5 Å². The fourth-order valence-corrected chi connectivity index (χ4v) is 4.17. The van der Waals surface area contributed by atoms with Crippen molar-refractivity contribution in [3.63, 3.8) is 0 Å². The number of hydrogen-bond donors (Lipinski definition) is 1. The minimum atomic E-state index is -0.236. The molecule has 1 aliphatic heterocycles. The molecule has 2 heterocycles. The van der Waals surface area contributed by atoms with E-state index in [0.29, 0.717) is 13.1 Å². The second kappa shape index (κ2) is 12.9. The fourth-order valence-electron chi connectivity index (χ4n) is 4.17. The van der Waals surface area contributed by atoms with Crippen LogP contribution in [0.1, 0.15) is 36.9 Å². The molecule has 2 atom stereocenters. The number of guanidine groups is 1. The predicted molar refractivity (Wildman–Crippen MR) is 144 cm³/mol. The van der Waals surface area contributed by atoms with E-state index >= 15 is 0 Å². The first kappa shape index (κ1) is 26.2. The molecule has 34 heavy (non-hydrogen) atoms. The molecule has 182 valence electrons. The predicted octanol–water partition coefficient (Wildman–Crippen LogP) is 4.66. The van der Waals surface area contributed by atoms with Crippen molar-refractivity contribution < 1.29 is 9.13 Å². The smallest absolute Gasteiger partial charge is 0.194 e. The van der Waals surface area contributed by atoms with Crippen LogP contribution in [0.25, 0.3) is 0 Å². The lowest BCUT2D eigenvalue weighted by Gasteiger charge is -2.38. The highest BCUT2D eigenvalue weighted by Crippen LogP contribution is 2.25. The summed E-state index contributed by atoms with van der Waals surface area (Å²) in [7, 11) is 0. The summed E-state index contributed by atoms with van der Waals surface area (Å²) in [5.41, 5.74) is 2.23. The third kappa shape index (κ3) is 7.02. The summed E-state index contributed by atoms with van der Waals surface area (Å²) >= 11 is 0. The van der Waals surface area contributed by atoms with Gasteiger partial charge in [0.2, 0.25) is 0 Å². The molecule has 8 heteroatoms. The van der Waals surface area contributed by atoms with Crippen LogP contribution in [0.2, 0.25) is 0 Å². The molecule has 4 rings (SSSR count). The number of ether oxygens (including phenoxy) is 1. The number of rotatable bonds is 7. The summed E-state index contributed by atoms with van der Waals surface area (Å²) in [6.45, 7) is 7.79. The molecule has 1 fully saturated rings. The van der Waals surface area contributed by atoms with E-state index in [1.165, 1.54) is 17.7 Å². The van der Waals surface area contributed by atoms with Crippen LogP contribution in [0.5, 0.6) is 0 Å². The molecule has 0 amide bonds. The molecule has 1 aliphatic rings. The van der Waals surface area contributed by atoms with Gasteiger partial charge in [-0.2, -0.15) is 0 Å². The Bertz CT molecular complexity index is 1040. The molecule has 0 saturated carbocycles. The second-order valence-electron chi connectivity index (χ2n) is 8.33. The number of aromatic nitrogens is 2. The Kier molecular flexibility index (Phi) is 9.88. The van der Waals surface area contributed by atoms with Crippen molar-refractivity contribution in [3.8, 4) is 0 Å². The molecule has 2 unspecified atom stereocenters. The minimum Gasteiger partial charge on any atom is -0.367 e. The van der Waals surface area contributed by atoms with Gasteiger partial charge < -0.3 is 19.5 Å². The van der Waals surface area contributed by atoms with Gasteiger partial charge in [0.25, 0.3) is 0 Å². The zero-order valence-corrected chi connectivity index (χ0v) is 22.1. The third-order valence-corrected chi connectivity index (χ3v) is 5.73. The van der Waals surface area contributed by atoms with Gasteiger partial charge in [0.1, 0.15) is 17.7 Å². The van der Waals surface area contributed by atoms with Gasteiger partial charge in [-0.15, -0.1) is 24.0 Å². The van der Waals surface area contributed by atoms with Crippen LogP contribution < -0.4 is 5.32 Å². The van der Waals surface area contributed by atoms with E-state index in [1.54, 1.807) is 12.1 Å². The second-order valence-corrected chi connectivity index (χ2v) is 8.33. The first-order valence-electron chi connectivity index (χ1n) is 11.6. The van der Waals surface area contributed by atoms with Crippen molar-refractivity contribution in [3.05, 3.63) is 89.8 Å².